The van der Waals surface area contributed by atoms with Crippen LogP contribution in [0, 0.1) is 6.92 Å². The lowest BCUT2D eigenvalue weighted by atomic mass is 10.0. The first-order valence-corrected chi connectivity index (χ1v) is 7.72. The van der Waals surface area contributed by atoms with Gasteiger partial charge in [-0.15, -0.1) is 0 Å². The molecule has 0 saturated heterocycles. The summed E-state index contributed by atoms with van der Waals surface area (Å²) in [7, 11) is -9.06. The lowest BCUT2D eigenvalue weighted by molar-refractivity contribution is 0.324. The maximum Gasteiger partial charge on any atom is 0.222 e. The average Bonchev–Trinajstić information content (AvgIpc) is 2.66. The fourth-order valence-corrected chi connectivity index (χ4v) is 2.80. The van der Waals surface area contributed by atoms with Gasteiger partial charge in [0.2, 0.25) is 11.7 Å². The van der Waals surface area contributed by atoms with Crippen LogP contribution in [-0.4, -0.2) is 31.1 Å². The Morgan fingerprint density at radius 2 is 1.74 bits per heavy atom. The van der Waals surface area contributed by atoms with Crippen LogP contribution in [0.5, 0.6) is 17.2 Å². The monoisotopic (exact) mass is 378 g/mol. The van der Waals surface area contributed by atoms with E-state index in [0.717, 1.165) is 23.3 Å². The quantitative estimate of drug-likeness (QED) is 0.599. The van der Waals surface area contributed by atoms with Crippen LogP contribution in [-0.2, 0) is 6.54 Å². The van der Waals surface area contributed by atoms with Crippen molar-refractivity contribution in [3.8, 4) is 17.2 Å². The van der Waals surface area contributed by atoms with E-state index in [1.807, 2.05) is 0 Å². The second-order valence-corrected chi connectivity index (χ2v) is 5.67. The van der Waals surface area contributed by atoms with Gasteiger partial charge in [-0.05, 0) is 24.1 Å². The number of aromatic nitrogens is 2. The van der Waals surface area contributed by atoms with Crippen molar-refractivity contribution >= 4 is 28.4 Å². The second-order valence-electron chi connectivity index (χ2n) is 5.67. The molecule has 0 amide bonds. The van der Waals surface area contributed by atoms with Gasteiger partial charge in [0.05, 0.1) is 39.0 Å². The van der Waals surface area contributed by atoms with Crippen molar-refractivity contribution in [1.82, 2.24) is 9.97 Å². The highest BCUT2D eigenvalue weighted by Crippen LogP contribution is 2.40. The Kier molecular flexibility index (Phi) is 2.77. The van der Waals surface area contributed by atoms with E-state index in [2.05, 4.69) is 15.3 Å². The molecule has 27 heavy (non-hydrogen) atoms. The van der Waals surface area contributed by atoms with Gasteiger partial charge < -0.3 is 31.0 Å². The summed E-state index contributed by atoms with van der Waals surface area (Å²) in [5.74, 6) is -1.58. The number of hydrogen-bond acceptors (Lipinski definition) is 8. The molecule has 0 aliphatic rings. The van der Waals surface area contributed by atoms with Crippen LogP contribution in [0.2, 0.25) is 0 Å². The summed E-state index contributed by atoms with van der Waals surface area (Å²) in [6.07, 6.45) is 0. The van der Waals surface area contributed by atoms with E-state index in [9.17, 15) is 0 Å². The molecular weight excluding hydrogens is 346 g/mol. The van der Waals surface area contributed by atoms with Gasteiger partial charge in [-0.25, -0.2) is 4.98 Å². The minimum Gasteiger partial charge on any atom is -0.493 e. The Labute approximate surface area is 170 Å². The first kappa shape index (κ1) is 10.1. The van der Waals surface area contributed by atoms with E-state index >= 15 is 0 Å². The maximum atomic E-state index is 7.40. The van der Waals surface area contributed by atoms with Crippen LogP contribution in [0.25, 0.3) is 10.9 Å². The van der Waals surface area contributed by atoms with E-state index in [4.69, 9.17) is 38.0 Å². The van der Waals surface area contributed by atoms with Crippen molar-refractivity contribution < 1.29 is 26.5 Å². The van der Waals surface area contributed by atoms with E-state index in [1.54, 1.807) is 19.1 Å². The Balaban J connectivity index is 2.04. The number of ether oxygens (including phenoxy) is 3. The number of nitrogens with zero attached hydrogens (tertiary/aromatic N) is 2. The number of methoxy groups -OCH3 is 3. The smallest absolute Gasteiger partial charge is 0.222 e. The zero-order chi connectivity index (χ0) is 27.1. The molecule has 5 N–H and O–H groups in total. The number of fused-ring (bicyclic) bond motifs is 1. The van der Waals surface area contributed by atoms with Crippen molar-refractivity contribution in [2.24, 2.45) is 0 Å². The van der Waals surface area contributed by atoms with Crippen molar-refractivity contribution in [1.29, 1.82) is 0 Å². The Morgan fingerprint density at radius 3 is 2.41 bits per heavy atom. The fourth-order valence-electron chi connectivity index (χ4n) is 2.80. The van der Waals surface area contributed by atoms with Crippen molar-refractivity contribution in [2.75, 3.05) is 37.9 Å². The van der Waals surface area contributed by atoms with Gasteiger partial charge in [-0.1, -0.05) is 6.07 Å². The molecule has 0 unspecified atom stereocenters. The van der Waals surface area contributed by atoms with E-state index in [0.29, 0.717) is 10.9 Å². The summed E-state index contributed by atoms with van der Waals surface area (Å²) in [6.45, 7) is 1.96. The normalized spacial score (nSPS) is 17.0. The fraction of sp³-hybridized carbons (Fsp3) is 0.263. The molecule has 0 radical (unpaired) electrons. The summed E-state index contributed by atoms with van der Waals surface area (Å²) in [4.78, 5) is 8.13. The van der Waals surface area contributed by atoms with Crippen LogP contribution in [0.4, 0.5) is 17.5 Å². The third-order valence-corrected chi connectivity index (χ3v) is 4.11. The number of nitrogens with two attached hydrogens (primary N) is 2. The highest BCUT2D eigenvalue weighted by molar-refractivity contribution is 5.92. The molecule has 0 spiro atoms. The molecule has 0 fully saturated rings. The van der Waals surface area contributed by atoms with Gasteiger partial charge in [-0.2, -0.15) is 4.98 Å². The number of nitrogens with one attached hydrogen (secondary N) is 1. The number of hydrogen-bond donors (Lipinski definition) is 3. The predicted octanol–water partition coefficient (Wildman–Crippen LogP) is 2.74. The number of benzene rings is 2. The van der Waals surface area contributed by atoms with Gasteiger partial charge in [0.15, 0.2) is 11.5 Å². The molecule has 1 aromatic heterocycles. The zero-order valence-corrected chi connectivity index (χ0v) is 14.3. The highest BCUT2D eigenvalue weighted by Gasteiger charge is 2.14. The second kappa shape index (κ2) is 7.45. The van der Waals surface area contributed by atoms with Gasteiger partial charge in [0.25, 0.3) is 0 Å². The molecule has 3 aromatic rings. The SMILES string of the molecule is [2H]C([2H])([2H])Oc1cc(NCc2ccc3nc(N)nc(N)c3c2C)cc(OC([2H])([2H])[2H])c1OC([2H])([2H])[2H]. The maximum absolute atomic E-state index is 7.40. The van der Waals surface area contributed by atoms with Crippen LogP contribution < -0.4 is 31.0 Å². The van der Waals surface area contributed by atoms with Crippen LogP contribution >= 0.6 is 0 Å². The summed E-state index contributed by atoms with van der Waals surface area (Å²) < 4.78 is 81.2. The van der Waals surface area contributed by atoms with Crippen LogP contribution in [0.1, 0.15) is 23.5 Å². The van der Waals surface area contributed by atoms with Gasteiger partial charge in [-0.3, -0.25) is 0 Å². The molecule has 0 aliphatic heterocycles. The number of aryl methyl sites for hydroxylation is 1. The third kappa shape index (κ3) is 3.46. The van der Waals surface area contributed by atoms with Crippen LogP contribution in [0.3, 0.4) is 0 Å². The van der Waals surface area contributed by atoms with Crippen molar-refractivity contribution in [2.45, 2.75) is 13.5 Å². The molecule has 1 heterocycles. The Morgan fingerprint density at radius 1 is 1.04 bits per heavy atom. The number of nitrogen functional groups attached to an aromatic ring is 2. The first-order chi connectivity index (χ1) is 16.4. The van der Waals surface area contributed by atoms with Crippen molar-refractivity contribution in [3.05, 3.63) is 35.4 Å². The Bertz CT molecular complexity index is 1240. The van der Waals surface area contributed by atoms with Gasteiger partial charge >= 0.3 is 0 Å². The van der Waals surface area contributed by atoms with Gasteiger partial charge in [0.1, 0.15) is 5.82 Å². The molecule has 0 aliphatic carbocycles. The third-order valence-electron chi connectivity index (χ3n) is 4.11. The molecule has 8 nitrogen and oxygen atoms in total. The van der Waals surface area contributed by atoms with E-state index in [1.165, 1.54) is 0 Å². The largest absolute Gasteiger partial charge is 0.493 e. The minimum atomic E-state index is -3.05. The zero-order valence-electron chi connectivity index (χ0n) is 23.3. The molecule has 0 saturated carbocycles. The molecule has 3 rings (SSSR count). The van der Waals surface area contributed by atoms with E-state index < -0.39 is 38.4 Å². The van der Waals surface area contributed by atoms with Crippen molar-refractivity contribution in [3.63, 3.8) is 0 Å². The van der Waals surface area contributed by atoms with E-state index in [-0.39, 0.29) is 24.0 Å². The standard InChI is InChI=1S/C19H23N5O3/c1-10-11(5-6-13-16(10)18(20)24-19(21)23-13)9-22-12-7-14(25-2)17(27-4)15(8-12)26-3/h5-8,22H,9H2,1-4H3,(H4,20,21,23,24)/i2D3,3D3,4D3. The molecule has 2 aromatic carbocycles. The highest BCUT2D eigenvalue weighted by atomic mass is 16.5. The molecule has 0 atom stereocenters. The summed E-state index contributed by atoms with van der Waals surface area (Å²) in [5.41, 5.74) is 13.9. The lowest BCUT2D eigenvalue weighted by Gasteiger charge is -2.16. The minimum absolute atomic E-state index is 0.0354. The molecular formula is C19H23N5O3. The summed E-state index contributed by atoms with van der Waals surface area (Å²) in [5, 5.41) is 3.61. The number of rotatable bonds is 6. The molecule has 142 valence electrons. The average molecular weight is 378 g/mol. The van der Waals surface area contributed by atoms with Gasteiger partial charge in [0, 0.05) is 29.8 Å². The summed E-state index contributed by atoms with van der Waals surface area (Å²) in [6, 6.07) is 5.79. The molecule has 8 heteroatoms. The Hall–Kier alpha value is -3.42. The molecule has 0 bridgehead atoms. The van der Waals surface area contributed by atoms with Crippen LogP contribution in [0.15, 0.2) is 24.3 Å². The lowest BCUT2D eigenvalue weighted by Crippen LogP contribution is -2.06. The predicted molar refractivity (Wildman–Crippen MR) is 107 cm³/mol. The number of anilines is 3. The summed E-state index contributed by atoms with van der Waals surface area (Å²) >= 11 is 0. The first-order valence-electron chi connectivity index (χ1n) is 12.2. The topological polar surface area (TPSA) is 118 Å².